The summed E-state index contributed by atoms with van der Waals surface area (Å²) in [4.78, 5) is 11.6. The predicted molar refractivity (Wildman–Crippen MR) is 83.1 cm³/mol. The van der Waals surface area contributed by atoms with Crippen molar-refractivity contribution in [2.45, 2.75) is 59.4 Å². The van der Waals surface area contributed by atoms with Crippen LogP contribution in [-0.4, -0.2) is 25.5 Å². The first-order chi connectivity index (χ1) is 9.13. The molecule has 3 nitrogen and oxygen atoms in total. The molecule has 112 valence electrons. The number of carbonyl (C=O) groups is 1. The highest BCUT2D eigenvalue weighted by molar-refractivity contribution is 5.87. The molecular weight excluding hydrogens is 236 g/mol. The topological polar surface area (TPSA) is 41.1 Å². The number of hydrogen-bond acceptors (Lipinski definition) is 2. The number of nitrogens with one attached hydrogen (secondary N) is 2. The van der Waals surface area contributed by atoms with E-state index >= 15 is 0 Å². The highest BCUT2D eigenvalue weighted by atomic mass is 16.1. The maximum Gasteiger partial charge on any atom is 0.243 e. The van der Waals surface area contributed by atoms with Gasteiger partial charge in [-0.3, -0.25) is 4.79 Å². The van der Waals surface area contributed by atoms with Gasteiger partial charge >= 0.3 is 0 Å². The maximum atomic E-state index is 11.6. The second-order valence-electron chi connectivity index (χ2n) is 5.32. The van der Waals surface area contributed by atoms with E-state index in [1.165, 1.54) is 12.8 Å². The van der Waals surface area contributed by atoms with Crippen molar-refractivity contribution in [3.63, 3.8) is 0 Å². The summed E-state index contributed by atoms with van der Waals surface area (Å²) >= 11 is 0. The molecule has 3 heteroatoms. The molecule has 0 aromatic rings. The van der Waals surface area contributed by atoms with Gasteiger partial charge in [0.05, 0.1) is 0 Å². The summed E-state index contributed by atoms with van der Waals surface area (Å²) in [6, 6.07) is 0.386. The van der Waals surface area contributed by atoms with Crippen molar-refractivity contribution in [1.82, 2.24) is 10.6 Å². The van der Waals surface area contributed by atoms with Crippen molar-refractivity contribution in [2.24, 2.45) is 11.8 Å². The fraction of sp³-hybridized carbons (Fsp3) is 0.812. The molecule has 0 aliphatic heterocycles. The summed E-state index contributed by atoms with van der Waals surface area (Å²) in [5, 5.41) is 6.06. The molecule has 0 heterocycles. The van der Waals surface area contributed by atoms with E-state index in [2.05, 4.69) is 24.5 Å². The Morgan fingerprint density at radius 1 is 1.21 bits per heavy atom. The normalized spacial score (nSPS) is 23.1. The van der Waals surface area contributed by atoms with Crippen LogP contribution in [-0.2, 0) is 4.79 Å². The lowest BCUT2D eigenvalue weighted by atomic mass is 9.80. The van der Waals surface area contributed by atoms with E-state index in [0.717, 1.165) is 31.2 Å². The summed E-state index contributed by atoms with van der Waals surface area (Å²) in [6.45, 7) is 9.33. The molecule has 0 bridgehead atoms. The van der Waals surface area contributed by atoms with Gasteiger partial charge < -0.3 is 10.6 Å². The number of hydrogen-bond donors (Lipinski definition) is 2. The Morgan fingerprint density at radius 2 is 1.79 bits per heavy atom. The third-order valence-corrected chi connectivity index (χ3v) is 3.65. The Balaban J connectivity index is 0.00000154. The lowest BCUT2D eigenvalue weighted by Crippen LogP contribution is -2.37. The first kappa shape index (κ1) is 18.2. The predicted octanol–water partition coefficient (Wildman–Crippen LogP) is 3.12. The minimum absolute atomic E-state index is 0.0493. The van der Waals surface area contributed by atoms with E-state index in [-0.39, 0.29) is 5.91 Å². The Labute approximate surface area is 119 Å². The Morgan fingerprint density at radius 3 is 2.26 bits per heavy atom. The SMILES string of the molecule is CC.CNC/C=C/C(=O)NC1CCC(C(C)C)CC1. The van der Waals surface area contributed by atoms with Crippen molar-refractivity contribution < 1.29 is 4.79 Å². The standard InChI is InChI=1S/C14H26N2O.C2H6/c1-11(2)12-6-8-13(9-7-12)16-14(17)5-4-10-15-3;1-2/h4-5,11-13,15H,6-10H2,1-3H3,(H,16,17);1-2H3/b5-4+;. The van der Waals surface area contributed by atoms with Gasteiger partial charge in [-0.15, -0.1) is 0 Å². The molecule has 1 aliphatic carbocycles. The lowest BCUT2D eigenvalue weighted by Gasteiger charge is -2.31. The highest BCUT2D eigenvalue weighted by Gasteiger charge is 2.23. The maximum absolute atomic E-state index is 11.6. The largest absolute Gasteiger partial charge is 0.350 e. The average molecular weight is 268 g/mol. The molecule has 19 heavy (non-hydrogen) atoms. The average Bonchev–Trinajstić information content (AvgIpc) is 2.42. The molecule has 1 fully saturated rings. The first-order valence-electron chi connectivity index (χ1n) is 7.75. The smallest absolute Gasteiger partial charge is 0.243 e. The van der Waals surface area contributed by atoms with Crippen LogP contribution in [0.5, 0.6) is 0 Å². The van der Waals surface area contributed by atoms with Crippen LogP contribution in [0.1, 0.15) is 53.4 Å². The third kappa shape index (κ3) is 8.04. The van der Waals surface area contributed by atoms with Crippen LogP contribution >= 0.6 is 0 Å². The fourth-order valence-corrected chi connectivity index (χ4v) is 2.46. The molecular formula is C16H32N2O. The minimum atomic E-state index is 0.0493. The molecule has 0 saturated heterocycles. The molecule has 0 spiro atoms. The van der Waals surface area contributed by atoms with Crippen LogP contribution in [0.4, 0.5) is 0 Å². The molecule has 0 radical (unpaired) electrons. The second kappa shape index (κ2) is 11.0. The Kier molecular flexibility index (Phi) is 10.6. The summed E-state index contributed by atoms with van der Waals surface area (Å²) in [6.07, 6.45) is 8.26. The van der Waals surface area contributed by atoms with E-state index in [1.54, 1.807) is 6.08 Å². The second-order valence-corrected chi connectivity index (χ2v) is 5.32. The van der Waals surface area contributed by atoms with E-state index in [4.69, 9.17) is 0 Å². The lowest BCUT2D eigenvalue weighted by molar-refractivity contribution is -0.117. The van der Waals surface area contributed by atoms with Gasteiger partial charge in [0, 0.05) is 18.7 Å². The fourth-order valence-electron chi connectivity index (χ4n) is 2.46. The third-order valence-electron chi connectivity index (χ3n) is 3.65. The summed E-state index contributed by atoms with van der Waals surface area (Å²) in [5.41, 5.74) is 0. The molecule has 1 saturated carbocycles. The summed E-state index contributed by atoms with van der Waals surface area (Å²) in [7, 11) is 1.87. The first-order valence-corrected chi connectivity index (χ1v) is 7.75. The van der Waals surface area contributed by atoms with Gasteiger partial charge in [-0.2, -0.15) is 0 Å². The van der Waals surface area contributed by atoms with E-state index < -0.39 is 0 Å². The number of rotatable bonds is 5. The van der Waals surface area contributed by atoms with E-state index in [1.807, 2.05) is 27.0 Å². The zero-order valence-electron chi connectivity index (χ0n) is 13.3. The van der Waals surface area contributed by atoms with Crippen molar-refractivity contribution in [3.05, 3.63) is 12.2 Å². The van der Waals surface area contributed by atoms with Gasteiger partial charge in [-0.25, -0.2) is 0 Å². The van der Waals surface area contributed by atoms with Gasteiger partial charge in [0.2, 0.25) is 5.91 Å². The Bertz CT molecular complexity index is 253. The Hall–Kier alpha value is -0.830. The molecule has 1 aliphatic rings. The van der Waals surface area contributed by atoms with Gasteiger partial charge in [0.15, 0.2) is 0 Å². The van der Waals surface area contributed by atoms with E-state index in [9.17, 15) is 4.79 Å². The zero-order chi connectivity index (χ0) is 14.7. The summed E-state index contributed by atoms with van der Waals surface area (Å²) in [5.74, 6) is 1.68. The quantitative estimate of drug-likeness (QED) is 0.752. The van der Waals surface area contributed by atoms with Crippen LogP contribution in [0.2, 0.25) is 0 Å². The molecule has 0 atom stereocenters. The molecule has 0 unspecified atom stereocenters. The van der Waals surface area contributed by atoms with Crippen LogP contribution in [0, 0.1) is 11.8 Å². The van der Waals surface area contributed by atoms with Crippen molar-refractivity contribution >= 4 is 5.91 Å². The minimum Gasteiger partial charge on any atom is -0.350 e. The van der Waals surface area contributed by atoms with Crippen LogP contribution in [0.15, 0.2) is 12.2 Å². The van der Waals surface area contributed by atoms with Crippen LogP contribution in [0.3, 0.4) is 0 Å². The molecule has 1 amide bonds. The molecule has 0 aromatic carbocycles. The number of amides is 1. The van der Waals surface area contributed by atoms with Crippen molar-refractivity contribution in [1.29, 1.82) is 0 Å². The molecule has 1 rings (SSSR count). The van der Waals surface area contributed by atoms with Gasteiger partial charge in [-0.05, 0) is 44.6 Å². The number of likely N-dealkylation sites (N-methyl/N-ethyl adjacent to an activating group) is 1. The zero-order valence-corrected chi connectivity index (χ0v) is 13.3. The van der Waals surface area contributed by atoms with Gasteiger partial charge in [0.25, 0.3) is 0 Å². The van der Waals surface area contributed by atoms with Gasteiger partial charge in [-0.1, -0.05) is 33.8 Å². The monoisotopic (exact) mass is 268 g/mol. The molecule has 0 aromatic heterocycles. The summed E-state index contributed by atoms with van der Waals surface area (Å²) < 4.78 is 0. The van der Waals surface area contributed by atoms with Crippen molar-refractivity contribution in [2.75, 3.05) is 13.6 Å². The highest BCUT2D eigenvalue weighted by Crippen LogP contribution is 2.29. The van der Waals surface area contributed by atoms with E-state index in [0.29, 0.717) is 6.04 Å². The van der Waals surface area contributed by atoms with Crippen LogP contribution in [0.25, 0.3) is 0 Å². The number of carbonyl (C=O) groups excluding carboxylic acids is 1. The van der Waals surface area contributed by atoms with Crippen molar-refractivity contribution in [3.8, 4) is 0 Å². The van der Waals surface area contributed by atoms with Crippen LogP contribution < -0.4 is 10.6 Å². The molecule has 2 N–H and O–H groups in total. The van der Waals surface area contributed by atoms with Gasteiger partial charge in [0.1, 0.15) is 0 Å².